The molecule has 1 aromatic carbocycles. The SMILES string of the molecule is Cc1cc(Br)c(NC(=O)CCc2ccco2)cc1Cl. The summed E-state index contributed by atoms with van der Waals surface area (Å²) in [7, 11) is 0. The Morgan fingerprint density at radius 2 is 2.26 bits per heavy atom. The van der Waals surface area contributed by atoms with Crippen molar-refractivity contribution >= 4 is 39.1 Å². The number of carbonyl (C=O) groups excluding carboxylic acids is 1. The fourth-order valence-corrected chi connectivity index (χ4v) is 2.37. The predicted molar refractivity (Wildman–Crippen MR) is 79.5 cm³/mol. The molecule has 1 aromatic heterocycles. The quantitative estimate of drug-likeness (QED) is 0.884. The summed E-state index contributed by atoms with van der Waals surface area (Å²) in [5.41, 5.74) is 1.64. The van der Waals surface area contributed by atoms with Crippen molar-refractivity contribution in [2.45, 2.75) is 19.8 Å². The Morgan fingerprint density at radius 1 is 1.47 bits per heavy atom. The molecule has 0 atom stereocenters. The van der Waals surface area contributed by atoms with Gasteiger partial charge in [-0.1, -0.05) is 11.6 Å². The highest BCUT2D eigenvalue weighted by Crippen LogP contribution is 2.29. The minimum atomic E-state index is -0.0722. The van der Waals surface area contributed by atoms with Crippen molar-refractivity contribution in [3.63, 3.8) is 0 Å². The van der Waals surface area contributed by atoms with Crippen molar-refractivity contribution in [3.05, 3.63) is 51.3 Å². The van der Waals surface area contributed by atoms with Gasteiger partial charge in [-0.3, -0.25) is 4.79 Å². The number of carbonyl (C=O) groups is 1. The highest BCUT2D eigenvalue weighted by Gasteiger charge is 2.09. The number of aryl methyl sites for hydroxylation is 2. The van der Waals surface area contributed by atoms with Crippen LogP contribution in [-0.2, 0) is 11.2 Å². The number of nitrogens with one attached hydrogen (secondary N) is 1. The number of amides is 1. The molecule has 0 aliphatic heterocycles. The molecular formula is C14H13BrClNO2. The summed E-state index contributed by atoms with van der Waals surface area (Å²) >= 11 is 9.45. The molecule has 0 unspecified atom stereocenters. The Morgan fingerprint density at radius 3 is 2.95 bits per heavy atom. The number of halogens is 2. The van der Waals surface area contributed by atoms with Gasteiger partial charge < -0.3 is 9.73 Å². The molecule has 1 heterocycles. The van der Waals surface area contributed by atoms with E-state index in [0.717, 1.165) is 15.8 Å². The normalized spacial score (nSPS) is 10.5. The van der Waals surface area contributed by atoms with Gasteiger partial charge in [0, 0.05) is 22.3 Å². The van der Waals surface area contributed by atoms with Crippen LogP contribution < -0.4 is 5.32 Å². The van der Waals surface area contributed by atoms with Crippen molar-refractivity contribution in [1.82, 2.24) is 0 Å². The first-order valence-corrected chi connectivity index (χ1v) is 7.01. The first-order chi connectivity index (χ1) is 9.06. The van der Waals surface area contributed by atoms with E-state index in [4.69, 9.17) is 16.0 Å². The van der Waals surface area contributed by atoms with Crippen LogP contribution in [0, 0.1) is 6.92 Å². The molecule has 19 heavy (non-hydrogen) atoms. The summed E-state index contributed by atoms with van der Waals surface area (Å²) in [6, 6.07) is 7.28. The molecule has 2 rings (SSSR count). The predicted octanol–water partition coefficient (Wildman–Crippen LogP) is 4.58. The highest BCUT2D eigenvalue weighted by molar-refractivity contribution is 9.10. The molecule has 5 heteroatoms. The van der Waals surface area contributed by atoms with E-state index in [1.807, 2.05) is 25.1 Å². The third kappa shape index (κ3) is 3.85. The Hall–Kier alpha value is -1.26. The van der Waals surface area contributed by atoms with Gasteiger partial charge in [-0.15, -0.1) is 0 Å². The van der Waals surface area contributed by atoms with Crippen molar-refractivity contribution in [1.29, 1.82) is 0 Å². The molecule has 0 bridgehead atoms. The fraction of sp³-hybridized carbons (Fsp3) is 0.214. The molecule has 0 aliphatic rings. The van der Waals surface area contributed by atoms with Gasteiger partial charge in [-0.05, 0) is 52.7 Å². The molecule has 0 saturated heterocycles. The lowest BCUT2D eigenvalue weighted by atomic mass is 10.2. The maximum atomic E-state index is 11.8. The second kappa shape index (κ2) is 6.26. The van der Waals surface area contributed by atoms with Gasteiger partial charge in [0.2, 0.25) is 5.91 Å². The first-order valence-electron chi connectivity index (χ1n) is 5.84. The summed E-state index contributed by atoms with van der Waals surface area (Å²) in [6.45, 7) is 1.91. The molecule has 3 nitrogen and oxygen atoms in total. The van der Waals surface area contributed by atoms with E-state index >= 15 is 0 Å². The monoisotopic (exact) mass is 341 g/mol. The van der Waals surface area contributed by atoms with Crippen molar-refractivity contribution in [2.75, 3.05) is 5.32 Å². The third-order valence-electron chi connectivity index (χ3n) is 2.70. The summed E-state index contributed by atoms with van der Waals surface area (Å²) in [4.78, 5) is 11.8. The van der Waals surface area contributed by atoms with Gasteiger partial charge in [0.1, 0.15) is 5.76 Å². The zero-order valence-corrected chi connectivity index (χ0v) is 12.7. The van der Waals surface area contributed by atoms with Gasteiger partial charge >= 0.3 is 0 Å². The second-order valence-corrected chi connectivity index (χ2v) is 5.47. The third-order valence-corrected chi connectivity index (χ3v) is 3.76. The van der Waals surface area contributed by atoms with Crippen LogP contribution in [-0.4, -0.2) is 5.91 Å². The topological polar surface area (TPSA) is 42.2 Å². The van der Waals surface area contributed by atoms with Crippen LogP contribution in [0.4, 0.5) is 5.69 Å². The Kier molecular flexibility index (Phi) is 4.66. The van der Waals surface area contributed by atoms with Crippen LogP contribution in [0.15, 0.2) is 39.4 Å². The van der Waals surface area contributed by atoms with E-state index < -0.39 is 0 Å². The Labute approximate surface area is 125 Å². The van der Waals surface area contributed by atoms with Crippen LogP contribution in [0.3, 0.4) is 0 Å². The van der Waals surface area contributed by atoms with Crippen molar-refractivity contribution in [3.8, 4) is 0 Å². The smallest absolute Gasteiger partial charge is 0.224 e. The van der Waals surface area contributed by atoms with Crippen molar-refractivity contribution < 1.29 is 9.21 Å². The maximum Gasteiger partial charge on any atom is 0.224 e. The first kappa shape index (κ1) is 14.2. The van der Waals surface area contributed by atoms with Gasteiger partial charge in [-0.2, -0.15) is 0 Å². The zero-order chi connectivity index (χ0) is 13.8. The lowest BCUT2D eigenvalue weighted by molar-refractivity contribution is -0.116. The van der Waals surface area contributed by atoms with Gasteiger partial charge in [0.15, 0.2) is 0 Å². The largest absolute Gasteiger partial charge is 0.469 e. The van der Waals surface area contributed by atoms with Crippen LogP contribution in [0.1, 0.15) is 17.7 Å². The van der Waals surface area contributed by atoms with Crippen LogP contribution in [0.5, 0.6) is 0 Å². The summed E-state index contributed by atoms with van der Waals surface area (Å²) in [6.07, 6.45) is 2.55. The highest BCUT2D eigenvalue weighted by atomic mass is 79.9. The number of hydrogen-bond acceptors (Lipinski definition) is 2. The van der Waals surface area contributed by atoms with Gasteiger partial charge in [0.05, 0.1) is 12.0 Å². The van der Waals surface area contributed by atoms with E-state index in [1.54, 1.807) is 12.3 Å². The minimum absolute atomic E-state index is 0.0722. The number of benzene rings is 1. The average Bonchev–Trinajstić information content (AvgIpc) is 2.86. The number of hydrogen-bond donors (Lipinski definition) is 1. The van der Waals surface area contributed by atoms with E-state index in [0.29, 0.717) is 23.6 Å². The number of rotatable bonds is 4. The lowest BCUT2D eigenvalue weighted by Crippen LogP contribution is -2.12. The fourth-order valence-electron chi connectivity index (χ4n) is 1.65. The number of furan rings is 1. The summed E-state index contributed by atoms with van der Waals surface area (Å²) in [5, 5.41) is 3.46. The molecule has 0 fully saturated rings. The zero-order valence-electron chi connectivity index (χ0n) is 10.4. The average molecular weight is 343 g/mol. The van der Waals surface area contributed by atoms with E-state index in [-0.39, 0.29) is 5.91 Å². The molecule has 1 N–H and O–H groups in total. The lowest BCUT2D eigenvalue weighted by Gasteiger charge is -2.09. The summed E-state index contributed by atoms with van der Waals surface area (Å²) in [5.74, 6) is 0.730. The minimum Gasteiger partial charge on any atom is -0.469 e. The van der Waals surface area contributed by atoms with Gasteiger partial charge in [0.25, 0.3) is 0 Å². The van der Waals surface area contributed by atoms with E-state index in [1.165, 1.54) is 0 Å². The molecule has 0 saturated carbocycles. The van der Waals surface area contributed by atoms with E-state index in [2.05, 4.69) is 21.2 Å². The summed E-state index contributed by atoms with van der Waals surface area (Å²) < 4.78 is 6.00. The standard InChI is InChI=1S/C14H13BrClNO2/c1-9-7-11(15)13(8-12(9)16)17-14(18)5-4-10-3-2-6-19-10/h2-3,6-8H,4-5H2,1H3,(H,17,18). The molecule has 100 valence electrons. The second-order valence-electron chi connectivity index (χ2n) is 4.21. The Balaban J connectivity index is 1.97. The van der Waals surface area contributed by atoms with Crippen LogP contribution >= 0.6 is 27.5 Å². The molecule has 2 aromatic rings. The molecule has 0 spiro atoms. The van der Waals surface area contributed by atoms with Crippen LogP contribution in [0.25, 0.3) is 0 Å². The number of anilines is 1. The van der Waals surface area contributed by atoms with Crippen LogP contribution in [0.2, 0.25) is 5.02 Å². The van der Waals surface area contributed by atoms with E-state index in [9.17, 15) is 4.79 Å². The maximum absolute atomic E-state index is 11.8. The molecule has 0 aliphatic carbocycles. The van der Waals surface area contributed by atoms with Crippen molar-refractivity contribution in [2.24, 2.45) is 0 Å². The Bertz CT molecular complexity index is 581. The molecule has 0 radical (unpaired) electrons. The molecule has 1 amide bonds. The van der Waals surface area contributed by atoms with Gasteiger partial charge in [-0.25, -0.2) is 0 Å². The molecular weight excluding hydrogens is 330 g/mol.